The van der Waals surface area contributed by atoms with Crippen molar-refractivity contribution < 1.29 is 9.53 Å². The van der Waals surface area contributed by atoms with Gasteiger partial charge in [0.05, 0.1) is 0 Å². The Morgan fingerprint density at radius 2 is 2.03 bits per heavy atom. The van der Waals surface area contributed by atoms with Crippen LogP contribution >= 0.6 is 11.3 Å². The Morgan fingerprint density at radius 3 is 2.75 bits per heavy atom. The number of hydrogen-bond acceptors (Lipinski definition) is 7. The molecule has 1 atom stereocenters. The molecule has 0 saturated carbocycles. The van der Waals surface area contributed by atoms with Crippen LogP contribution in [0.15, 0.2) is 48.0 Å². The minimum Gasteiger partial charge on any atom is -0.485 e. The number of aromatic nitrogens is 2. The number of likely N-dealkylation sites (N-methyl/N-ethyl adjacent to an activating group) is 1. The van der Waals surface area contributed by atoms with Crippen LogP contribution < -0.4 is 15.0 Å². The second-order valence-corrected chi connectivity index (χ2v) is 8.94. The van der Waals surface area contributed by atoms with E-state index < -0.39 is 0 Å². The van der Waals surface area contributed by atoms with Crippen molar-refractivity contribution in [3.63, 3.8) is 0 Å². The molecule has 2 aromatic heterocycles. The zero-order valence-electron chi connectivity index (χ0n) is 18.7. The second-order valence-electron chi connectivity index (χ2n) is 7.96. The van der Waals surface area contributed by atoms with Crippen LogP contribution in [0.1, 0.15) is 39.1 Å². The Morgan fingerprint density at radius 1 is 1.22 bits per heavy atom. The van der Waals surface area contributed by atoms with Crippen LogP contribution in [-0.4, -0.2) is 54.5 Å². The van der Waals surface area contributed by atoms with E-state index in [-0.39, 0.29) is 12.0 Å². The van der Waals surface area contributed by atoms with E-state index in [0.717, 1.165) is 30.8 Å². The van der Waals surface area contributed by atoms with Crippen molar-refractivity contribution in [1.82, 2.24) is 20.2 Å². The van der Waals surface area contributed by atoms with Gasteiger partial charge in [-0.1, -0.05) is 18.2 Å². The molecule has 0 spiro atoms. The SMILES string of the molecule is CNCCC(Oc1ccc(CN2CCN(C)c3nc(C)ncc3C2=O)cc1)c1cccs1. The lowest BCUT2D eigenvalue weighted by molar-refractivity contribution is 0.0754. The van der Waals surface area contributed by atoms with Crippen LogP contribution in [0.3, 0.4) is 0 Å². The first-order valence-corrected chi connectivity index (χ1v) is 11.7. The van der Waals surface area contributed by atoms with Gasteiger partial charge in [0.25, 0.3) is 5.91 Å². The average molecular weight is 452 g/mol. The lowest BCUT2D eigenvalue weighted by Gasteiger charge is -2.22. The zero-order chi connectivity index (χ0) is 22.5. The maximum atomic E-state index is 13.1. The number of hydrogen-bond donors (Lipinski definition) is 1. The van der Waals surface area contributed by atoms with Crippen LogP contribution in [-0.2, 0) is 6.54 Å². The molecule has 0 radical (unpaired) electrons. The van der Waals surface area contributed by atoms with Crippen LogP contribution in [0.4, 0.5) is 5.82 Å². The summed E-state index contributed by atoms with van der Waals surface area (Å²) in [5.41, 5.74) is 1.62. The highest BCUT2D eigenvalue weighted by molar-refractivity contribution is 7.10. The molecule has 1 aromatic carbocycles. The highest BCUT2D eigenvalue weighted by Crippen LogP contribution is 2.28. The van der Waals surface area contributed by atoms with Gasteiger partial charge in [-0.3, -0.25) is 4.79 Å². The maximum absolute atomic E-state index is 13.1. The van der Waals surface area contributed by atoms with E-state index in [9.17, 15) is 4.79 Å². The fourth-order valence-corrected chi connectivity index (χ4v) is 4.56. The Balaban J connectivity index is 1.45. The first-order chi connectivity index (χ1) is 15.5. The van der Waals surface area contributed by atoms with Gasteiger partial charge in [-0.15, -0.1) is 11.3 Å². The molecule has 1 amide bonds. The summed E-state index contributed by atoms with van der Waals surface area (Å²) >= 11 is 1.71. The first-order valence-electron chi connectivity index (χ1n) is 10.8. The number of fused-ring (bicyclic) bond motifs is 1. The van der Waals surface area contributed by atoms with Crippen molar-refractivity contribution in [2.45, 2.75) is 26.0 Å². The highest BCUT2D eigenvalue weighted by Gasteiger charge is 2.26. The zero-order valence-corrected chi connectivity index (χ0v) is 19.6. The summed E-state index contributed by atoms with van der Waals surface area (Å²) in [7, 11) is 3.92. The summed E-state index contributed by atoms with van der Waals surface area (Å²) in [5.74, 6) is 2.17. The summed E-state index contributed by atoms with van der Waals surface area (Å²) in [4.78, 5) is 26.9. The first kappa shape index (κ1) is 22.2. The molecule has 8 heteroatoms. The van der Waals surface area contributed by atoms with E-state index >= 15 is 0 Å². The normalized spacial score (nSPS) is 14.8. The van der Waals surface area contributed by atoms with E-state index in [2.05, 4.69) is 32.8 Å². The molecule has 0 saturated heterocycles. The third-order valence-electron chi connectivity index (χ3n) is 5.57. The van der Waals surface area contributed by atoms with Gasteiger partial charge in [0, 0.05) is 44.2 Å². The molecular formula is C24H29N5O2S. The number of ether oxygens (including phenoxy) is 1. The molecule has 3 heterocycles. The topological polar surface area (TPSA) is 70.6 Å². The van der Waals surface area contributed by atoms with Crippen LogP contribution in [0, 0.1) is 6.92 Å². The molecule has 0 fully saturated rings. The maximum Gasteiger partial charge on any atom is 0.259 e. The Labute approximate surface area is 193 Å². The Bertz CT molecular complexity index is 1040. The van der Waals surface area contributed by atoms with Gasteiger partial charge >= 0.3 is 0 Å². The van der Waals surface area contributed by atoms with Crippen LogP contribution in [0.5, 0.6) is 5.75 Å². The summed E-state index contributed by atoms with van der Waals surface area (Å²) in [6, 6.07) is 12.2. The number of thiophene rings is 1. The molecule has 168 valence electrons. The minimum absolute atomic E-state index is 0.0241. The standard InChI is InChI=1S/C24H29N5O2S/c1-17-26-15-20-23(27-17)28(3)12-13-29(24(20)30)16-18-6-8-19(9-7-18)31-21(10-11-25-2)22-5-4-14-32-22/h4-9,14-15,21,25H,10-13,16H2,1-3H3. The Hall–Kier alpha value is -2.97. The third-order valence-corrected chi connectivity index (χ3v) is 6.53. The number of rotatable bonds is 8. The predicted molar refractivity (Wildman–Crippen MR) is 127 cm³/mol. The van der Waals surface area contributed by atoms with Gasteiger partial charge in [-0.05, 0) is 49.7 Å². The van der Waals surface area contributed by atoms with Gasteiger partial charge in [-0.25, -0.2) is 9.97 Å². The number of anilines is 1. The Kier molecular flexibility index (Phi) is 7.02. The lowest BCUT2D eigenvalue weighted by Crippen LogP contribution is -2.33. The number of amides is 1. The molecule has 32 heavy (non-hydrogen) atoms. The molecule has 1 aliphatic rings. The highest BCUT2D eigenvalue weighted by atomic mass is 32.1. The summed E-state index contributed by atoms with van der Waals surface area (Å²) < 4.78 is 6.29. The number of carbonyl (C=O) groups excluding carboxylic acids is 1. The van der Waals surface area contributed by atoms with Crippen LogP contribution in [0.2, 0.25) is 0 Å². The fraction of sp³-hybridized carbons (Fsp3) is 0.375. The van der Waals surface area contributed by atoms with Gasteiger partial charge < -0.3 is 19.9 Å². The largest absolute Gasteiger partial charge is 0.485 e. The van der Waals surface area contributed by atoms with E-state index in [4.69, 9.17) is 4.74 Å². The third kappa shape index (κ3) is 5.08. The average Bonchev–Trinajstić information content (AvgIpc) is 3.31. The van der Waals surface area contributed by atoms with E-state index in [1.54, 1.807) is 17.5 Å². The number of nitrogens with zero attached hydrogens (tertiary/aromatic N) is 4. The summed E-state index contributed by atoms with van der Waals surface area (Å²) in [6.07, 6.45) is 2.56. The van der Waals surface area contributed by atoms with E-state index in [1.807, 2.05) is 55.1 Å². The van der Waals surface area contributed by atoms with Gasteiger partial charge in [0.2, 0.25) is 0 Å². The van der Waals surface area contributed by atoms with Crippen LogP contribution in [0.25, 0.3) is 0 Å². The molecule has 0 aliphatic carbocycles. The van der Waals surface area contributed by atoms with Crippen molar-refractivity contribution in [3.8, 4) is 5.75 Å². The monoisotopic (exact) mass is 451 g/mol. The van der Waals surface area contributed by atoms with Crippen molar-refractivity contribution >= 4 is 23.1 Å². The van der Waals surface area contributed by atoms with Gasteiger partial charge in [-0.2, -0.15) is 0 Å². The molecule has 0 bridgehead atoms. The molecule has 3 aromatic rings. The molecule has 1 unspecified atom stereocenters. The van der Waals surface area contributed by atoms with Crippen molar-refractivity contribution in [2.24, 2.45) is 0 Å². The van der Waals surface area contributed by atoms with Crippen molar-refractivity contribution in [1.29, 1.82) is 0 Å². The molecule has 4 rings (SSSR count). The van der Waals surface area contributed by atoms with Gasteiger partial charge in [0.1, 0.15) is 29.1 Å². The van der Waals surface area contributed by atoms with Crippen molar-refractivity contribution in [3.05, 3.63) is 69.8 Å². The molecule has 1 N–H and O–H groups in total. The number of carbonyl (C=O) groups is 1. The minimum atomic E-state index is -0.0329. The van der Waals surface area contributed by atoms with E-state index in [1.165, 1.54) is 4.88 Å². The summed E-state index contributed by atoms with van der Waals surface area (Å²) in [5, 5.41) is 5.28. The molecule has 7 nitrogen and oxygen atoms in total. The van der Waals surface area contributed by atoms with E-state index in [0.29, 0.717) is 30.3 Å². The lowest BCUT2D eigenvalue weighted by atomic mass is 10.1. The van der Waals surface area contributed by atoms with Gasteiger partial charge in [0.15, 0.2) is 0 Å². The summed E-state index contributed by atoms with van der Waals surface area (Å²) in [6.45, 7) is 4.62. The predicted octanol–water partition coefficient (Wildman–Crippen LogP) is 3.67. The quantitative estimate of drug-likeness (QED) is 0.564. The molecule has 1 aliphatic heterocycles. The number of benzene rings is 1. The smallest absolute Gasteiger partial charge is 0.259 e. The number of aryl methyl sites for hydroxylation is 1. The second kappa shape index (κ2) is 10.1. The van der Waals surface area contributed by atoms with Crippen molar-refractivity contribution in [2.75, 3.05) is 38.6 Å². The molecular weight excluding hydrogens is 422 g/mol. The fourth-order valence-electron chi connectivity index (χ4n) is 3.77. The number of nitrogens with one attached hydrogen (secondary N) is 1.